The van der Waals surface area contributed by atoms with Gasteiger partial charge in [-0.25, -0.2) is 17.7 Å². The first kappa shape index (κ1) is 77.9. The highest BCUT2D eigenvalue weighted by Gasteiger charge is 2.42. The van der Waals surface area contributed by atoms with Crippen LogP contribution < -0.4 is 29.9 Å². The summed E-state index contributed by atoms with van der Waals surface area (Å²) in [4.78, 5) is 83.2. The number of imide groups is 1. The Morgan fingerprint density at radius 3 is 2.14 bits per heavy atom. The highest BCUT2D eigenvalue weighted by Crippen LogP contribution is 2.44. The summed E-state index contributed by atoms with van der Waals surface area (Å²) in [5, 5.41) is 11.9. The number of nitrogens with two attached hydrogens (primary N) is 1. The lowest BCUT2D eigenvalue weighted by Gasteiger charge is -2.35. The van der Waals surface area contributed by atoms with E-state index in [0.717, 1.165) is 77.9 Å². The number of terminal acetylenes is 1. The van der Waals surface area contributed by atoms with Crippen molar-refractivity contribution in [2.75, 3.05) is 60.0 Å². The molecule has 1 fully saturated rings. The number of carbonyl (C=O) groups excluding carboxylic acids is 5. The van der Waals surface area contributed by atoms with Crippen LogP contribution in [0.3, 0.4) is 0 Å². The van der Waals surface area contributed by atoms with Gasteiger partial charge in [-0.3, -0.25) is 33.3 Å². The molecule has 3 heterocycles. The first-order valence-corrected chi connectivity index (χ1v) is 35.2. The van der Waals surface area contributed by atoms with E-state index in [1.807, 2.05) is 57.2 Å². The van der Waals surface area contributed by atoms with Gasteiger partial charge in [0.15, 0.2) is 39.7 Å². The number of methoxy groups -OCH3 is 1. The predicted molar refractivity (Wildman–Crippen MR) is 350 cm³/mol. The SMILES string of the molecule is C#CC(C)Oc1cc(N2C(=O)C3=C(CCCC3)C2=O)c(F)cc1Cl.CC1COc2ccccc2N1C(=O)C(Cl)Cl.CCc1cccc(C)c1N(C(=O)CCl)C(C)COC.CP(=O)(O)CCC(N)C(=O)O.CS(=O)(=O)c1cc(C(F)(F)F)ccc1C(=O)c1cnoc1C1CC1. The number of amides is 4. The van der Waals surface area contributed by atoms with E-state index in [2.05, 4.69) is 24.1 Å². The molecule has 4 aromatic carbocycles. The Hall–Kier alpha value is -6.85. The van der Waals surface area contributed by atoms with Crippen molar-refractivity contribution in [1.82, 2.24) is 5.16 Å². The van der Waals surface area contributed by atoms with Gasteiger partial charge in [-0.2, -0.15) is 13.2 Å². The molecule has 0 radical (unpaired) electrons. The number of fused-ring (bicyclic) bond motifs is 1. The molecule has 2 aliphatic carbocycles. The Bertz CT molecular complexity index is 3810. The lowest BCUT2D eigenvalue weighted by atomic mass is 9.93. The summed E-state index contributed by atoms with van der Waals surface area (Å²) in [5.74, 6) is -0.398. The molecule has 20 nitrogen and oxygen atoms in total. The fourth-order valence-electron chi connectivity index (χ4n) is 9.92. The van der Waals surface area contributed by atoms with E-state index in [1.165, 1.54) is 18.9 Å². The van der Waals surface area contributed by atoms with Crippen molar-refractivity contribution in [3.63, 3.8) is 0 Å². The van der Waals surface area contributed by atoms with E-state index in [0.29, 0.717) is 60.8 Å². The topological polar surface area (TPSA) is 284 Å². The maximum atomic E-state index is 14.4. The van der Waals surface area contributed by atoms with E-state index >= 15 is 0 Å². The molecular weight excluding hydrogens is 1360 g/mol. The zero-order chi connectivity index (χ0) is 70.3. The Morgan fingerprint density at radius 1 is 0.979 bits per heavy atom. The van der Waals surface area contributed by atoms with Crippen LogP contribution in [0, 0.1) is 25.1 Å². The lowest BCUT2D eigenvalue weighted by Crippen LogP contribution is -2.47. The van der Waals surface area contributed by atoms with Gasteiger partial charge in [0.2, 0.25) is 5.91 Å². The lowest BCUT2D eigenvalue weighted by molar-refractivity contribution is -0.139. The van der Waals surface area contributed by atoms with Crippen LogP contribution in [0.1, 0.15) is 117 Å². The number of para-hydroxylation sites is 3. The van der Waals surface area contributed by atoms with E-state index in [9.17, 15) is 59.3 Å². The number of alkyl halides is 6. The number of carboxylic acids is 1. The highest BCUT2D eigenvalue weighted by molar-refractivity contribution is 7.90. The summed E-state index contributed by atoms with van der Waals surface area (Å²) in [6, 6.07) is 16.6. The number of halogens is 8. The first-order chi connectivity index (χ1) is 44.0. The molecule has 94 heavy (non-hydrogen) atoms. The third-order valence-electron chi connectivity index (χ3n) is 14.7. The zero-order valence-electron chi connectivity index (χ0n) is 52.5. The number of nitrogens with zero attached hydrogens (tertiary/aromatic N) is 4. The monoisotopic (exact) mass is 1430 g/mol. The number of anilines is 3. The number of aromatic nitrogens is 1. The van der Waals surface area contributed by atoms with Crippen molar-refractivity contribution in [3.8, 4) is 23.8 Å². The Morgan fingerprint density at radius 2 is 1.61 bits per heavy atom. The van der Waals surface area contributed by atoms with Gasteiger partial charge in [0.25, 0.3) is 17.7 Å². The normalized spacial score (nSPS) is 16.6. The average Bonchev–Trinajstić information content (AvgIpc) is 1.55. The molecule has 5 unspecified atom stereocenters. The summed E-state index contributed by atoms with van der Waals surface area (Å²) in [6.07, 6.45) is 7.20. The van der Waals surface area contributed by atoms with E-state index in [4.69, 9.17) is 87.3 Å². The molecule has 30 heteroatoms. The summed E-state index contributed by atoms with van der Waals surface area (Å²) in [7, 11) is -5.51. The number of sulfone groups is 1. The molecule has 0 saturated heterocycles. The van der Waals surface area contributed by atoms with Crippen LogP contribution in [-0.2, 0) is 55.7 Å². The second-order valence-electron chi connectivity index (χ2n) is 22.2. The van der Waals surface area contributed by atoms with Gasteiger partial charge < -0.3 is 44.3 Å². The molecule has 4 N–H and O–H groups in total. The number of ketones is 1. The third-order valence-corrected chi connectivity index (χ3v) is 17.9. The van der Waals surface area contributed by atoms with E-state index in [1.54, 1.807) is 23.8 Å². The van der Waals surface area contributed by atoms with Gasteiger partial charge in [0.1, 0.15) is 35.8 Å². The number of hydrogen-bond acceptors (Lipinski definition) is 15. The molecular formula is C64H72Cl4F4N5O15PS. The van der Waals surface area contributed by atoms with Gasteiger partial charge in [-0.15, -0.1) is 18.0 Å². The molecule has 4 amide bonds. The Balaban J connectivity index is 0.000000218. The number of hydrogen-bond donors (Lipinski definition) is 3. The number of rotatable bonds is 18. The molecule has 5 aromatic rings. The molecule has 0 bridgehead atoms. The quantitative estimate of drug-likeness (QED) is 0.0183. The van der Waals surface area contributed by atoms with Crippen molar-refractivity contribution < 1.29 is 88.0 Å². The maximum Gasteiger partial charge on any atom is 0.416 e. The number of carboxylic acid groups (broad SMARTS) is 1. The van der Waals surface area contributed by atoms with Gasteiger partial charge in [-0.1, -0.05) is 83.1 Å². The largest absolute Gasteiger partial charge is 0.489 e. The molecule has 0 spiro atoms. The molecule has 5 atom stereocenters. The Labute approximate surface area is 562 Å². The fourth-order valence-corrected chi connectivity index (χ4v) is 12.1. The van der Waals surface area contributed by atoms with Crippen LogP contribution >= 0.6 is 53.8 Å². The fraction of sp³-hybridized carbons (Fsp3) is 0.422. The first-order valence-electron chi connectivity index (χ1n) is 29.2. The molecule has 1 saturated carbocycles. The van der Waals surface area contributed by atoms with Crippen LogP contribution in [0.5, 0.6) is 11.5 Å². The van der Waals surface area contributed by atoms with Crippen molar-refractivity contribution in [3.05, 3.63) is 135 Å². The van der Waals surface area contributed by atoms with Gasteiger partial charge in [0.05, 0.1) is 63.0 Å². The zero-order valence-corrected chi connectivity index (χ0v) is 57.2. The van der Waals surface area contributed by atoms with Crippen LogP contribution in [0.2, 0.25) is 5.02 Å². The van der Waals surface area contributed by atoms with Crippen molar-refractivity contribution >= 4 is 116 Å². The molecule has 2 aliphatic heterocycles. The summed E-state index contributed by atoms with van der Waals surface area (Å²) in [5.41, 5.74) is 8.46. The average molecular weight is 1430 g/mol. The molecule has 1 aromatic heterocycles. The van der Waals surface area contributed by atoms with Gasteiger partial charge >= 0.3 is 12.1 Å². The van der Waals surface area contributed by atoms with Crippen molar-refractivity contribution in [2.45, 2.75) is 132 Å². The minimum Gasteiger partial charge on any atom is -0.489 e. The molecule has 4 aliphatic rings. The van der Waals surface area contributed by atoms with Crippen LogP contribution in [0.4, 0.5) is 34.6 Å². The van der Waals surface area contributed by atoms with Crippen molar-refractivity contribution in [1.29, 1.82) is 0 Å². The van der Waals surface area contributed by atoms with Crippen LogP contribution in [0.25, 0.3) is 0 Å². The number of aryl methyl sites for hydroxylation is 2. The number of carbonyl (C=O) groups is 6. The number of aliphatic carboxylic acids is 1. The summed E-state index contributed by atoms with van der Waals surface area (Å²) in [6.45, 7) is 11.7. The second kappa shape index (κ2) is 34.2. The van der Waals surface area contributed by atoms with Crippen LogP contribution in [0.15, 0.2) is 99.6 Å². The minimum absolute atomic E-state index is 0.0223. The Kier molecular flexibility index (Phi) is 28.3. The number of ether oxygens (including phenoxy) is 3. The van der Waals surface area contributed by atoms with E-state index < -0.39 is 80.2 Å². The summed E-state index contributed by atoms with van der Waals surface area (Å²) >= 11 is 23.0. The van der Waals surface area contributed by atoms with Crippen LogP contribution in [-0.4, -0.2) is 133 Å². The summed E-state index contributed by atoms with van der Waals surface area (Å²) < 4.78 is 108. The molecule has 510 valence electrons. The smallest absolute Gasteiger partial charge is 0.416 e. The van der Waals surface area contributed by atoms with E-state index in [-0.39, 0.29) is 75.9 Å². The highest BCUT2D eigenvalue weighted by atomic mass is 35.5. The standard InChI is InChI=1S/C18H15ClFNO3.C15H22ClNO2.C15H12F3NO4S.C11H11Cl2NO2.C5H12NO4P/c1-3-10(2)24-16-9-15(14(20)8-13(16)19)21-17(22)11-6-4-5-7-12(11)18(21)23;1-5-13-8-6-7-11(2)15(13)17(14(18)9-16)12(3)10-19-4;1-24(21,22)12-6-9(15(16,17)18)4-5-10(12)13(20)11-7-19-23-14(11)8-2-3-8;1-7-6-16-9-5-3-2-4-8(9)14(7)11(15)10(12)13;1-11(9,10)3-2-4(6)5(7)8/h1,8-10H,4-7H2,2H3;6-8,12H,5,9-10H2,1-4H3;4-8H,2-3H2,1H3;2-5,7,10H,6H2,1H3;4H,2-3,6H2,1H3,(H,7,8)(H,9,10). The maximum absolute atomic E-state index is 14.4. The van der Waals surface area contributed by atoms with Gasteiger partial charge in [0, 0.05) is 54.9 Å². The van der Waals surface area contributed by atoms with Gasteiger partial charge in [-0.05, 0) is 127 Å². The minimum atomic E-state index is -4.71. The predicted octanol–water partition coefficient (Wildman–Crippen LogP) is 12.3. The molecule has 9 rings (SSSR count). The van der Waals surface area contributed by atoms with Crippen molar-refractivity contribution in [2.24, 2.45) is 5.73 Å². The third kappa shape index (κ3) is 20.6. The number of benzene rings is 4. The second-order valence-corrected chi connectivity index (χ2v) is 28.5.